The number of hydrogen-bond donors (Lipinski definition) is 1. The molecule has 0 saturated carbocycles. The number of ether oxygens (including phenoxy) is 1. The van der Waals surface area contributed by atoms with Crippen LogP contribution in [0.1, 0.15) is 41.3 Å². The average Bonchev–Trinajstić information content (AvgIpc) is 2.72. The maximum Gasteiger partial charge on any atom is 0.306 e. The first-order valence-corrected chi connectivity index (χ1v) is 11.3. The van der Waals surface area contributed by atoms with Gasteiger partial charge in [-0.1, -0.05) is 54.6 Å². The smallest absolute Gasteiger partial charge is 0.306 e. The maximum absolute atomic E-state index is 12.6. The van der Waals surface area contributed by atoms with Crippen molar-refractivity contribution in [2.24, 2.45) is 0 Å². The lowest BCUT2D eigenvalue weighted by Gasteiger charge is -2.10. The molecule has 6 nitrogen and oxygen atoms in total. The van der Waals surface area contributed by atoms with Gasteiger partial charge in [-0.05, 0) is 36.6 Å². The minimum Gasteiger partial charge on any atom is -0.466 e. The molecule has 0 atom stereocenters. The molecule has 160 valence electrons. The Balaban J connectivity index is 1.92. The molecular weight excluding hydrogens is 426 g/mol. The summed E-state index contributed by atoms with van der Waals surface area (Å²) in [5, 5.41) is 0.323. The van der Waals surface area contributed by atoms with Crippen LogP contribution in [0.3, 0.4) is 0 Å². The quantitative estimate of drug-likeness (QED) is 0.413. The van der Waals surface area contributed by atoms with Crippen LogP contribution in [0.4, 0.5) is 0 Å². The molecular formula is C22H24ClNO5S. The molecule has 2 aromatic carbocycles. The van der Waals surface area contributed by atoms with Crippen molar-refractivity contribution in [1.29, 1.82) is 0 Å². The summed E-state index contributed by atoms with van der Waals surface area (Å²) in [6, 6.07) is 11.5. The van der Waals surface area contributed by atoms with Crippen molar-refractivity contribution in [3.63, 3.8) is 0 Å². The van der Waals surface area contributed by atoms with Gasteiger partial charge in [-0.25, -0.2) is 13.1 Å². The highest BCUT2D eigenvalue weighted by Crippen LogP contribution is 2.21. The lowest BCUT2D eigenvalue weighted by atomic mass is 10.0. The standard InChI is InChI=1S/C22H24ClNO5S/c1-3-17-9-10-19(23)15-21(17)30(27,28)24-14-13-16-5-7-18(8-6-16)20(25)11-12-22(26)29-4-2/h3,5-10,15,24H,1,4,11-14H2,2H3. The Labute approximate surface area is 181 Å². The number of benzene rings is 2. The second kappa shape index (κ2) is 11.1. The Morgan fingerprint density at radius 3 is 2.47 bits per heavy atom. The third-order valence-corrected chi connectivity index (χ3v) is 6.08. The molecule has 0 saturated heterocycles. The number of carbonyl (C=O) groups excluding carboxylic acids is 2. The molecule has 8 heteroatoms. The highest BCUT2D eigenvalue weighted by Gasteiger charge is 2.17. The maximum atomic E-state index is 12.6. The zero-order chi connectivity index (χ0) is 22.1. The fraction of sp³-hybridized carbons (Fsp3) is 0.273. The lowest BCUT2D eigenvalue weighted by molar-refractivity contribution is -0.143. The molecule has 0 radical (unpaired) electrons. The van der Waals surface area contributed by atoms with Crippen LogP contribution in [0.25, 0.3) is 6.08 Å². The Morgan fingerprint density at radius 2 is 1.83 bits per heavy atom. The van der Waals surface area contributed by atoms with E-state index in [1.807, 2.05) is 0 Å². The number of Topliss-reactive ketones (excluding diaryl/α,β-unsaturated/α-hetero) is 1. The Bertz CT molecular complexity index is 1020. The molecule has 30 heavy (non-hydrogen) atoms. The molecule has 0 aliphatic carbocycles. The summed E-state index contributed by atoms with van der Waals surface area (Å²) in [4.78, 5) is 23.6. The molecule has 0 amide bonds. The van der Waals surface area contributed by atoms with Crippen molar-refractivity contribution >= 4 is 39.5 Å². The van der Waals surface area contributed by atoms with Crippen molar-refractivity contribution in [1.82, 2.24) is 4.72 Å². The molecule has 0 bridgehead atoms. The molecule has 0 aliphatic rings. The van der Waals surface area contributed by atoms with Crippen LogP contribution in [-0.4, -0.2) is 33.3 Å². The first kappa shape index (κ1) is 23.8. The van der Waals surface area contributed by atoms with E-state index in [-0.39, 0.29) is 36.7 Å². The van der Waals surface area contributed by atoms with Gasteiger partial charge in [-0.15, -0.1) is 0 Å². The predicted molar refractivity (Wildman–Crippen MR) is 117 cm³/mol. The SMILES string of the molecule is C=Cc1ccc(Cl)cc1S(=O)(=O)NCCc1ccc(C(=O)CCC(=O)OCC)cc1. The number of rotatable bonds is 11. The van der Waals surface area contributed by atoms with E-state index in [1.54, 1.807) is 43.3 Å². The molecule has 2 aromatic rings. The van der Waals surface area contributed by atoms with Gasteiger partial charge in [-0.2, -0.15) is 0 Å². The van der Waals surface area contributed by atoms with Crippen LogP contribution in [0.5, 0.6) is 0 Å². The van der Waals surface area contributed by atoms with Gasteiger partial charge >= 0.3 is 5.97 Å². The predicted octanol–water partition coefficient (Wildman–Crippen LogP) is 4.03. The van der Waals surface area contributed by atoms with Crippen LogP contribution in [0.15, 0.2) is 53.9 Å². The zero-order valence-corrected chi connectivity index (χ0v) is 18.3. The minimum atomic E-state index is -3.74. The van der Waals surface area contributed by atoms with Crippen LogP contribution >= 0.6 is 11.6 Å². The van der Waals surface area contributed by atoms with E-state index >= 15 is 0 Å². The van der Waals surface area contributed by atoms with E-state index in [0.29, 0.717) is 22.6 Å². The minimum absolute atomic E-state index is 0.0480. The normalized spacial score (nSPS) is 11.1. The monoisotopic (exact) mass is 449 g/mol. The van der Waals surface area contributed by atoms with Gasteiger partial charge in [0.05, 0.1) is 17.9 Å². The number of halogens is 1. The molecule has 0 aromatic heterocycles. The van der Waals surface area contributed by atoms with Gasteiger partial charge in [0.25, 0.3) is 0 Å². The lowest BCUT2D eigenvalue weighted by Crippen LogP contribution is -2.26. The molecule has 0 spiro atoms. The van der Waals surface area contributed by atoms with Crippen LogP contribution < -0.4 is 4.72 Å². The van der Waals surface area contributed by atoms with Gasteiger partial charge in [0.15, 0.2) is 5.78 Å². The zero-order valence-electron chi connectivity index (χ0n) is 16.7. The van der Waals surface area contributed by atoms with E-state index in [9.17, 15) is 18.0 Å². The van der Waals surface area contributed by atoms with Crippen molar-refractivity contribution in [3.8, 4) is 0 Å². The van der Waals surface area contributed by atoms with Crippen molar-refractivity contribution in [2.45, 2.75) is 31.1 Å². The highest BCUT2D eigenvalue weighted by atomic mass is 35.5. The summed E-state index contributed by atoms with van der Waals surface area (Å²) >= 11 is 5.93. The number of hydrogen-bond acceptors (Lipinski definition) is 5. The van der Waals surface area contributed by atoms with Crippen molar-refractivity contribution in [3.05, 3.63) is 70.8 Å². The average molecular weight is 450 g/mol. The molecule has 0 unspecified atom stereocenters. The second-order valence-corrected chi connectivity index (χ2v) is 8.63. The fourth-order valence-electron chi connectivity index (χ4n) is 2.77. The molecule has 2 rings (SSSR count). The van der Waals surface area contributed by atoms with E-state index in [1.165, 1.54) is 12.1 Å². The molecule has 0 heterocycles. The van der Waals surface area contributed by atoms with E-state index in [2.05, 4.69) is 11.3 Å². The van der Waals surface area contributed by atoms with Gasteiger partial charge in [-0.3, -0.25) is 9.59 Å². The molecule has 0 aliphatic heterocycles. The van der Waals surface area contributed by atoms with E-state index in [4.69, 9.17) is 16.3 Å². The summed E-state index contributed by atoms with van der Waals surface area (Å²) in [6.45, 7) is 5.81. The Morgan fingerprint density at radius 1 is 1.13 bits per heavy atom. The fourth-order valence-corrected chi connectivity index (χ4v) is 4.27. The van der Waals surface area contributed by atoms with Crippen molar-refractivity contribution < 1.29 is 22.7 Å². The largest absolute Gasteiger partial charge is 0.466 e. The number of carbonyl (C=O) groups is 2. The van der Waals surface area contributed by atoms with Crippen LogP contribution in [0.2, 0.25) is 5.02 Å². The van der Waals surface area contributed by atoms with Gasteiger partial charge in [0.1, 0.15) is 0 Å². The summed E-state index contributed by atoms with van der Waals surface area (Å²) < 4.78 is 32.5. The third kappa shape index (κ3) is 6.79. The summed E-state index contributed by atoms with van der Waals surface area (Å²) in [5.41, 5.74) is 1.84. The van der Waals surface area contributed by atoms with Gasteiger partial charge in [0.2, 0.25) is 10.0 Å². The van der Waals surface area contributed by atoms with Crippen molar-refractivity contribution in [2.75, 3.05) is 13.2 Å². The summed E-state index contributed by atoms with van der Waals surface area (Å²) in [5.74, 6) is -0.540. The number of nitrogens with one attached hydrogen (secondary N) is 1. The van der Waals surface area contributed by atoms with E-state index < -0.39 is 16.0 Å². The Hall–Kier alpha value is -2.48. The van der Waals surface area contributed by atoms with Gasteiger partial charge < -0.3 is 4.74 Å². The van der Waals surface area contributed by atoms with E-state index in [0.717, 1.165) is 5.56 Å². The van der Waals surface area contributed by atoms with Crippen LogP contribution in [-0.2, 0) is 26.0 Å². The molecule has 0 fully saturated rings. The third-order valence-electron chi connectivity index (χ3n) is 4.33. The Kier molecular flexibility index (Phi) is 8.77. The first-order valence-electron chi connectivity index (χ1n) is 9.46. The van der Waals surface area contributed by atoms with Crippen LogP contribution in [0, 0.1) is 0 Å². The number of esters is 1. The first-order chi connectivity index (χ1) is 14.3. The number of sulfonamides is 1. The van der Waals surface area contributed by atoms with Gasteiger partial charge in [0, 0.05) is 23.6 Å². The summed E-state index contributed by atoms with van der Waals surface area (Å²) in [6.07, 6.45) is 2.04. The second-order valence-electron chi connectivity index (χ2n) is 6.46. The summed E-state index contributed by atoms with van der Waals surface area (Å²) in [7, 11) is -3.74. The topological polar surface area (TPSA) is 89.5 Å². The highest BCUT2D eigenvalue weighted by molar-refractivity contribution is 7.89. The molecule has 1 N–H and O–H groups in total. The number of ketones is 1.